The average Bonchev–Trinajstić information content (AvgIpc) is 2.67. The number of methoxy groups -OCH3 is 3. The van der Waals surface area contributed by atoms with Crippen LogP contribution in [0.25, 0.3) is 0 Å². The van der Waals surface area contributed by atoms with Crippen LogP contribution >= 0.6 is 0 Å². The highest BCUT2D eigenvalue weighted by Crippen LogP contribution is 2.24. The first-order chi connectivity index (χ1) is 12.9. The van der Waals surface area contributed by atoms with Crippen molar-refractivity contribution in [1.29, 1.82) is 0 Å². The predicted octanol–water partition coefficient (Wildman–Crippen LogP) is 3.00. The van der Waals surface area contributed by atoms with Crippen molar-refractivity contribution in [2.45, 2.75) is 26.4 Å². The second kappa shape index (κ2) is 9.07. The van der Waals surface area contributed by atoms with Crippen molar-refractivity contribution in [1.82, 2.24) is 4.90 Å². The quantitative estimate of drug-likeness (QED) is 0.742. The van der Waals surface area contributed by atoms with E-state index in [1.54, 1.807) is 19.4 Å². The summed E-state index contributed by atoms with van der Waals surface area (Å²) in [5.74, 6) is -0.400. The number of hydrogen-bond acceptors (Lipinski definition) is 6. The summed E-state index contributed by atoms with van der Waals surface area (Å²) in [6.45, 7) is 4.45. The molecule has 0 saturated carbocycles. The van der Waals surface area contributed by atoms with E-state index in [-0.39, 0.29) is 17.2 Å². The van der Waals surface area contributed by atoms with E-state index in [4.69, 9.17) is 14.2 Å². The van der Waals surface area contributed by atoms with Crippen molar-refractivity contribution in [3.05, 3.63) is 64.9 Å². The molecule has 2 rings (SSSR count). The van der Waals surface area contributed by atoms with E-state index in [1.165, 1.54) is 14.2 Å². The highest BCUT2D eigenvalue weighted by molar-refractivity contribution is 6.07. The van der Waals surface area contributed by atoms with Crippen LogP contribution in [0.5, 0.6) is 5.75 Å². The van der Waals surface area contributed by atoms with Gasteiger partial charge in [-0.1, -0.05) is 23.8 Å². The normalized spacial score (nSPS) is 17.0. The van der Waals surface area contributed by atoms with Crippen molar-refractivity contribution in [2.24, 2.45) is 0 Å². The Morgan fingerprint density at radius 1 is 1.00 bits per heavy atom. The predicted molar refractivity (Wildman–Crippen MR) is 102 cm³/mol. The van der Waals surface area contributed by atoms with Crippen molar-refractivity contribution >= 4 is 11.9 Å². The van der Waals surface area contributed by atoms with Crippen LogP contribution in [0.1, 0.15) is 19.4 Å². The molecule has 144 valence electrons. The standard InChI is InChI=1S/C21H25NO5/c1-14-10-15(2)22(12-16-6-8-17(25-3)9-7-16)13-19(21(24)27-5)18(11-14)20(23)26-4/h6-11,13,15H,12H2,1-5H3. The molecule has 0 aromatic heterocycles. The summed E-state index contributed by atoms with van der Waals surface area (Å²) in [5.41, 5.74) is 2.23. The molecule has 6 heteroatoms. The fourth-order valence-corrected chi connectivity index (χ4v) is 2.87. The molecule has 0 amide bonds. The van der Waals surface area contributed by atoms with Gasteiger partial charge in [-0.3, -0.25) is 0 Å². The molecule has 1 aliphatic rings. The summed E-state index contributed by atoms with van der Waals surface area (Å²) in [6, 6.07) is 7.70. The number of nitrogens with zero attached hydrogens (tertiary/aromatic N) is 1. The summed E-state index contributed by atoms with van der Waals surface area (Å²) in [7, 11) is 4.19. The van der Waals surface area contributed by atoms with E-state index < -0.39 is 11.9 Å². The lowest BCUT2D eigenvalue weighted by Crippen LogP contribution is -2.29. The molecule has 0 radical (unpaired) electrons. The molecule has 0 saturated heterocycles. The number of carbonyl (C=O) groups excluding carboxylic acids is 2. The van der Waals surface area contributed by atoms with Crippen molar-refractivity contribution < 1.29 is 23.8 Å². The fraction of sp³-hybridized carbons (Fsp3) is 0.333. The lowest BCUT2D eigenvalue weighted by atomic mass is 10.00. The largest absolute Gasteiger partial charge is 0.497 e. The van der Waals surface area contributed by atoms with Gasteiger partial charge in [-0.25, -0.2) is 9.59 Å². The number of ether oxygens (including phenoxy) is 3. The lowest BCUT2D eigenvalue weighted by molar-refractivity contribution is -0.139. The van der Waals surface area contributed by atoms with Crippen molar-refractivity contribution in [3.63, 3.8) is 0 Å². The third-order valence-electron chi connectivity index (χ3n) is 4.32. The highest BCUT2D eigenvalue weighted by Gasteiger charge is 2.26. The maximum Gasteiger partial charge on any atom is 0.340 e. The maximum absolute atomic E-state index is 12.4. The van der Waals surface area contributed by atoms with Gasteiger partial charge < -0.3 is 19.1 Å². The first-order valence-electron chi connectivity index (χ1n) is 8.57. The van der Waals surface area contributed by atoms with Gasteiger partial charge in [-0.15, -0.1) is 0 Å². The minimum absolute atomic E-state index is 0.00204. The Kier molecular flexibility index (Phi) is 6.82. The van der Waals surface area contributed by atoms with Gasteiger partial charge in [0.15, 0.2) is 0 Å². The van der Waals surface area contributed by atoms with Gasteiger partial charge >= 0.3 is 11.9 Å². The molecule has 1 aliphatic heterocycles. The number of benzene rings is 1. The summed E-state index contributed by atoms with van der Waals surface area (Å²) in [6.07, 6.45) is 5.33. The lowest BCUT2D eigenvalue weighted by Gasteiger charge is -2.29. The molecule has 0 fully saturated rings. The minimum atomic E-state index is -0.590. The van der Waals surface area contributed by atoms with Crippen LogP contribution in [0.15, 0.2) is 59.3 Å². The van der Waals surface area contributed by atoms with Crippen molar-refractivity contribution in [2.75, 3.05) is 21.3 Å². The van der Waals surface area contributed by atoms with Gasteiger partial charge in [-0.2, -0.15) is 0 Å². The Hall–Kier alpha value is -3.02. The van der Waals surface area contributed by atoms with Crippen LogP contribution < -0.4 is 4.74 Å². The molecule has 0 N–H and O–H groups in total. The molecule has 0 spiro atoms. The third kappa shape index (κ3) is 5.00. The molecule has 0 aliphatic carbocycles. The van der Waals surface area contributed by atoms with Gasteiger partial charge in [0.05, 0.1) is 32.5 Å². The smallest absolute Gasteiger partial charge is 0.340 e. The third-order valence-corrected chi connectivity index (χ3v) is 4.32. The summed E-state index contributed by atoms with van der Waals surface area (Å²) >= 11 is 0. The molecule has 0 bridgehead atoms. The summed E-state index contributed by atoms with van der Waals surface area (Å²) in [5, 5.41) is 0. The van der Waals surface area contributed by atoms with Crippen LogP contribution in [0.3, 0.4) is 0 Å². The van der Waals surface area contributed by atoms with Crippen LogP contribution in [0, 0.1) is 0 Å². The minimum Gasteiger partial charge on any atom is -0.497 e. The first-order valence-corrected chi connectivity index (χ1v) is 8.57. The van der Waals surface area contributed by atoms with E-state index >= 15 is 0 Å². The van der Waals surface area contributed by atoms with Crippen LogP contribution in [0.2, 0.25) is 0 Å². The van der Waals surface area contributed by atoms with E-state index in [9.17, 15) is 9.59 Å². The van der Waals surface area contributed by atoms with E-state index in [2.05, 4.69) is 0 Å². The van der Waals surface area contributed by atoms with E-state index in [1.807, 2.05) is 49.1 Å². The van der Waals surface area contributed by atoms with Gasteiger partial charge in [0, 0.05) is 18.8 Å². The Morgan fingerprint density at radius 3 is 2.15 bits per heavy atom. The number of rotatable bonds is 5. The number of hydrogen-bond donors (Lipinski definition) is 0. The molecular weight excluding hydrogens is 346 g/mol. The highest BCUT2D eigenvalue weighted by atomic mass is 16.5. The fourth-order valence-electron chi connectivity index (χ4n) is 2.87. The van der Waals surface area contributed by atoms with E-state index in [0.717, 1.165) is 16.9 Å². The summed E-state index contributed by atoms with van der Waals surface area (Å²) in [4.78, 5) is 26.6. The van der Waals surface area contributed by atoms with Crippen LogP contribution in [-0.4, -0.2) is 44.2 Å². The van der Waals surface area contributed by atoms with E-state index in [0.29, 0.717) is 6.54 Å². The van der Waals surface area contributed by atoms with Gasteiger partial charge in [0.1, 0.15) is 5.75 Å². The topological polar surface area (TPSA) is 65.1 Å². The Balaban J connectivity index is 2.48. The molecule has 1 heterocycles. The summed E-state index contributed by atoms with van der Waals surface area (Å²) < 4.78 is 14.9. The molecular formula is C21H25NO5. The number of carbonyl (C=O) groups is 2. The van der Waals surface area contributed by atoms with Crippen LogP contribution in [0.4, 0.5) is 0 Å². The molecule has 6 nitrogen and oxygen atoms in total. The van der Waals surface area contributed by atoms with Crippen LogP contribution in [-0.2, 0) is 25.6 Å². The maximum atomic E-state index is 12.4. The number of esters is 2. The molecule has 1 atom stereocenters. The van der Waals surface area contributed by atoms with Gasteiger partial charge in [-0.05, 0) is 37.6 Å². The zero-order chi connectivity index (χ0) is 20.0. The zero-order valence-electron chi connectivity index (χ0n) is 16.3. The van der Waals surface area contributed by atoms with Gasteiger partial charge in [0.2, 0.25) is 0 Å². The monoisotopic (exact) mass is 371 g/mol. The Labute approximate surface area is 159 Å². The molecule has 1 aromatic rings. The zero-order valence-corrected chi connectivity index (χ0v) is 16.3. The van der Waals surface area contributed by atoms with Gasteiger partial charge in [0.25, 0.3) is 0 Å². The SMILES string of the molecule is COC(=O)C1=CC(C)=CC(C)N(Cc2ccc(OC)cc2)C=C1C(=O)OC. The molecule has 1 aromatic carbocycles. The number of allylic oxidation sites excluding steroid dienone is 2. The van der Waals surface area contributed by atoms with Crippen molar-refractivity contribution in [3.8, 4) is 5.75 Å². The Morgan fingerprint density at radius 2 is 1.59 bits per heavy atom. The molecule has 1 unspecified atom stereocenters. The second-order valence-electron chi connectivity index (χ2n) is 6.26. The second-order valence-corrected chi connectivity index (χ2v) is 6.26. The Bertz CT molecular complexity index is 789. The first kappa shape index (κ1) is 20.3. The average molecular weight is 371 g/mol. The molecule has 27 heavy (non-hydrogen) atoms.